The number of hydrogen-bond acceptors (Lipinski definition) is 5. The number of nitro groups is 2. The van der Waals surface area contributed by atoms with Crippen LogP contribution < -0.4 is 5.32 Å². The zero-order chi connectivity index (χ0) is 17.9. The predicted octanol–water partition coefficient (Wildman–Crippen LogP) is 4.43. The van der Waals surface area contributed by atoms with Gasteiger partial charge in [-0.3, -0.25) is 20.2 Å². The molecular weight excluding hydrogens is 319 g/mol. The lowest BCUT2D eigenvalue weighted by atomic mass is 10.0. The quantitative estimate of drug-likeness (QED) is 0.612. The maximum Gasteiger partial charge on any atom is 0.417 e. The lowest BCUT2D eigenvalue weighted by Gasteiger charge is -2.18. The number of rotatable bonds is 6. The van der Waals surface area contributed by atoms with Gasteiger partial charge in [0, 0.05) is 17.7 Å². The van der Waals surface area contributed by atoms with E-state index < -0.39 is 44.2 Å². The summed E-state index contributed by atoms with van der Waals surface area (Å²) in [5.74, 6) is 0. The molecular formula is C13H16F3N3O4. The molecule has 10 heteroatoms. The lowest BCUT2D eigenvalue weighted by Crippen LogP contribution is -2.20. The third-order valence-electron chi connectivity index (χ3n) is 3.55. The van der Waals surface area contributed by atoms with Crippen molar-refractivity contribution < 1.29 is 23.0 Å². The van der Waals surface area contributed by atoms with Crippen LogP contribution in [0.4, 0.5) is 30.2 Å². The van der Waals surface area contributed by atoms with Crippen LogP contribution in [0.25, 0.3) is 0 Å². The minimum atomic E-state index is -4.92. The number of nitrogens with zero attached hydrogens (tertiary/aromatic N) is 2. The molecule has 0 aliphatic carbocycles. The fourth-order valence-corrected chi connectivity index (χ4v) is 2.26. The standard InChI is InChI=1S/C13H16F3N3O4/c1-4-8(5-2)17-11-10(18(20)21)6-9(13(14,15)16)7(3)12(11)19(22)23/h6,8,17H,4-5H2,1-3H3. The molecule has 0 radical (unpaired) electrons. The summed E-state index contributed by atoms with van der Waals surface area (Å²) in [6, 6.07) is 0.0103. The van der Waals surface area contributed by atoms with Gasteiger partial charge < -0.3 is 5.32 Å². The number of hydrogen-bond donors (Lipinski definition) is 1. The topological polar surface area (TPSA) is 98.3 Å². The molecule has 0 fully saturated rings. The fraction of sp³-hybridized carbons (Fsp3) is 0.538. The summed E-state index contributed by atoms with van der Waals surface area (Å²) in [5.41, 5.74) is -4.40. The zero-order valence-corrected chi connectivity index (χ0v) is 12.7. The van der Waals surface area contributed by atoms with Crippen molar-refractivity contribution in [2.75, 3.05) is 5.32 Å². The second-order valence-electron chi connectivity index (χ2n) is 4.96. The van der Waals surface area contributed by atoms with Crippen molar-refractivity contribution >= 4 is 17.1 Å². The highest BCUT2D eigenvalue weighted by molar-refractivity contribution is 5.78. The number of alkyl halides is 3. The van der Waals surface area contributed by atoms with Gasteiger partial charge in [-0.15, -0.1) is 0 Å². The van der Waals surface area contributed by atoms with Crippen LogP contribution in [0.15, 0.2) is 6.07 Å². The Labute approximate surface area is 129 Å². The van der Waals surface area contributed by atoms with Crippen molar-refractivity contribution in [1.82, 2.24) is 0 Å². The first kappa shape index (κ1) is 18.7. The number of benzene rings is 1. The van der Waals surface area contributed by atoms with Crippen LogP contribution in [-0.4, -0.2) is 15.9 Å². The summed E-state index contributed by atoms with van der Waals surface area (Å²) in [6.45, 7) is 4.45. The molecule has 0 bridgehead atoms. The zero-order valence-electron chi connectivity index (χ0n) is 12.7. The van der Waals surface area contributed by atoms with Gasteiger partial charge in [0.15, 0.2) is 5.69 Å². The monoisotopic (exact) mass is 335 g/mol. The van der Waals surface area contributed by atoms with Gasteiger partial charge >= 0.3 is 11.9 Å². The molecule has 128 valence electrons. The number of halogens is 3. The number of anilines is 1. The molecule has 0 saturated carbocycles. The number of nitrogens with one attached hydrogen (secondary N) is 1. The molecule has 1 aromatic rings. The highest BCUT2D eigenvalue weighted by Crippen LogP contribution is 2.44. The Morgan fingerprint density at radius 1 is 1.17 bits per heavy atom. The summed E-state index contributed by atoms with van der Waals surface area (Å²) in [5, 5.41) is 25.0. The van der Waals surface area contributed by atoms with E-state index in [4.69, 9.17) is 0 Å². The van der Waals surface area contributed by atoms with Gasteiger partial charge in [-0.1, -0.05) is 13.8 Å². The second kappa shape index (κ2) is 6.80. The predicted molar refractivity (Wildman–Crippen MR) is 77.5 cm³/mol. The summed E-state index contributed by atoms with van der Waals surface area (Å²) >= 11 is 0. The van der Waals surface area contributed by atoms with Crippen LogP contribution in [0, 0.1) is 27.2 Å². The first-order chi connectivity index (χ1) is 10.5. The Kier molecular flexibility index (Phi) is 5.51. The Hall–Kier alpha value is -2.39. The molecule has 0 atom stereocenters. The largest absolute Gasteiger partial charge is 0.417 e. The maximum atomic E-state index is 13.0. The van der Waals surface area contributed by atoms with Gasteiger partial charge in [0.1, 0.15) is 0 Å². The molecule has 0 saturated heterocycles. The van der Waals surface area contributed by atoms with Gasteiger partial charge in [0.2, 0.25) is 0 Å². The average molecular weight is 335 g/mol. The van der Waals surface area contributed by atoms with E-state index in [1.165, 1.54) is 0 Å². The summed E-state index contributed by atoms with van der Waals surface area (Å²) in [7, 11) is 0. The normalized spacial score (nSPS) is 11.6. The smallest absolute Gasteiger partial charge is 0.371 e. The van der Waals surface area contributed by atoms with Crippen molar-refractivity contribution in [3.8, 4) is 0 Å². The highest BCUT2D eigenvalue weighted by atomic mass is 19.4. The van der Waals surface area contributed by atoms with Gasteiger partial charge in [-0.2, -0.15) is 13.2 Å². The van der Waals surface area contributed by atoms with E-state index in [2.05, 4.69) is 5.32 Å². The summed E-state index contributed by atoms with van der Waals surface area (Å²) in [4.78, 5) is 20.3. The Balaban J connectivity index is 3.75. The highest BCUT2D eigenvalue weighted by Gasteiger charge is 2.41. The van der Waals surface area contributed by atoms with Crippen molar-refractivity contribution in [3.63, 3.8) is 0 Å². The molecule has 1 rings (SSSR count). The van der Waals surface area contributed by atoms with Crippen LogP contribution in [-0.2, 0) is 6.18 Å². The molecule has 0 heterocycles. The van der Waals surface area contributed by atoms with Crippen LogP contribution >= 0.6 is 0 Å². The van der Waals surface area contributed by atoms with Gasteiger partial charge in [0.05, 0.1) is 15.4 Å². The van der Waals surface area contributed by atoms with Crippen molar-refractivity contribution in [3.05, 3.63) is 37.4 Å². The van der Waals surface area contributed by atoms with Crippen molar-refractivity contribution in [2.24, 2.45) is 0 Å². The van der Waals surface area contributed by atoms with E-state index in [0.717, 1.165) is 6.92 Å². The second-order valence-corrected chi connectivity index (χ2v) is 4.96. The van der Waals surface area contributed by atoms with Gasteiger partial charge in [-0.05, 0) is 19.8 Å². The summed E-state index contributed by atoms with van der Waals surface area (Å²) < 4.78 is 39.0. The van der Waals surface area contributed by atoms with Gasteiger partial charge in [-0.25, -0.2) is 0 Å². The minimum absolute atomic E-state index is 0.330. The molecule has 0 aliphatic heterocycles. The molecule has 0 aromatic heterocycles. The van der Waals surface area contributed by atoms with Crippen molar-refractivity contribution in [2.45, 2.75) is 45.8 Å². The number of nitro benzene ring substituents is 2. The van der Waals surface area contributed by atoms with Crippen LogP contribution in [0.1, 0.15) is 37.8 Å². The molecule has 23 heavy (non-hydrogen) atoms. The first-order valence-corrected chi connectivity index (χ1v) is 6.84. The van der Waals surface area contributed by atoms with E-state index in [0.29, 0.717) is 18.9 Å². The fourth-order valence-electron chi connectivity index (χ4n) is 2.26. The van der Waals surface area contributed by atoms with E-state index >= 15 is 0 Å². The molecule has 0 spiro atoms. The molecule has 7 nitrogen and oxygen atoms in total. The van der Waals surface area contributed by atoms with Crippen molar-refractivity contribution in [1.29, 1.82) is 0 Å². The minimum Gasteiger partial charge on any atom is -0.371 e. The molecule has 1 aromatic carbocycles. The maximum absolute atomic E-state index is 13.0. The van der Waals surface area contributed by atoms with E-state index in [9.17, 15) is 33.4 Å². The molecule has 0 aliphatic rings. The van der Waals surface area contributed by atoms with E-state index in [1.54, 1.807) is 13.8 Å². The molecule has 1 N–H and O–H groups in total. The Bertz CT molecular complexity index is 628. The van der Waals surface area contributed by atoms with E-state index in [1.807, 2.05) is 0 Å². The average Bonchev–Trinajstić information content (AvgIpc) is 2.42. The SMILES string of the molecule is CCC(CC)Nc1c([N+](=O)[O-])cc(C(F)(F)F)c(C)c1[N+](=O)[O-]. The van der Waals surface area contributed by atoms with E-state index in [-0.39, 0.29) is 6.04 Å². The first-order valence-electron chi connectivity index (χ1n) is 6.84. The van der Waals surface area contributed by atoms with Crippen LogP contribution in [0.2, 0.25) is 0 Å². The Morgan fingerprint density at radius 2 is 1.70 bits per heavy atom. The third kappa shape index (κ3) is 3.88. The van der Waals surface area contributed by atoms with Crippen LogP contribution in [0.5, 0.6) is 0 Å². The summed E-state index contributed by atoms with van der Waals surface area (Å²) in [6.07, 6.45) is -3.91. The molecule has 0 unspecified atom stereocenters. The lowest BCUT2D eigenvalue weighted by molar-refractivity contribution is -0.393. The third-order valence-corrected chi connectivity index (χ3v) is 3.55. The Morgan fingerprint density at radius 3 is 2.04 bits per heavy atom. The molecule has 0 amide bonds. The van der Waals surface area contributed by atoms with Gasteiger partial charge in [0.25, 0.3) is 5.69 Å². The van der Waals surface area contributed by atoms with Crippen LogP contribution in [0.3, 0.4) is 0 Å².